The van der Waals surface area contributed by atoms with Gasteiger partial charge in [-0.25, -0.2) is 0 Å². The van der Waals surface area contributed by atoms with E-state index in [4.69, 9.17) is 5.26 Å². The van der Waals surface area contributed by atoms with Crippen LogP contribution in [0.2, 0.25) is 0 Å². The third-order valence-electron chi connectivity index (χ3n) is 1.98. The smallest absolute Gasteiger partial charge is 0.227 e. The second kappa shape index (κ2) is 3.91. The van der Waals surface area contributed by atoms with Crippen LogP contribution < -0.4 is 5.32 Å². The second-order valence-corrected chi connectivity index (χ2v) is 3.08. The Morgan fingerprint density at radius 3 is 3.00 bits per heavy atom. The number of nitriles is 1. The molecule has 2 atom stereocenters. The predicted molar refractivity (Wildman–Crippen MR) is 45.0 cm³/mol. The van der Waals surface area contributed by atoms with Gasteiger partial charge in [0.1, 0.15) is 6.54 Å². The van der Waals surface area contributed by atoms with Crippen LogP contribution in [0.1, 0.15) is 13.3 Å². The number of hydrogen-bond donors (Lipinski definition) is 1. The summed E-state index contributed by atoms with van der Waals surface area (Å²) < 4.78 is 0. The third kappa shape index (κ3) is 2.09. The first-order chi connectivity index (χ1) is 5.74. The van der Waals surface area contributed by atoms with Crippen LogP contribution >= 0.6 is 0 Å². The van der Waals surface area contributed by atoms with Crippen molar-refractivity contribution in [1.82, 2.24) is 5.32 Å². The van der Waals surface area contributed by atoms with Crippen LogP contribution in [-0.2, 0) is 4.79 Å². The van der Waals surface area contributed by atoms with Gasteiger partial charge >= 0.3 is 0 Å². The van der Waals surface area contributed by atoms with Crippen molar-refractivity contribution in [3.05, 3.63) is 12.2 Å². The maximum Gasteiger partial charge on any atom is 0.227 e. The first-order valence-corrected chi connectivity index (χ1v) is 4.07. The highest BCUT2D eigenvalue weighted by molar-refractivity contribution is 5.81. The number of allylic oxidation sites excluding steroid dienone is 1. The number of nitrogens with zero attached hydrogens (tertiary/aromatic N) is 1. The fourth-order valence-electron chi connectivity index (χ4n) is 1.33. The van der Waals surface area contributed by atoms with Gasteiger partial charge in [-0.2, -0.15) is 5.26 Å². The summed E-state index contributed by atoms with van der Waals surface area (Å²) >= 11 is 0. The fourth-order valence-corrected chi connectivity index (χ4v) is 1.33. The number of amides is 1. The van der Waals surface area contributed by atoms with Crippen LogP contribution in [0.15, 0.2) is 12.2 Å². The molecule has 0 aliphatic heterocycles. The summed E-state index contributed by atoms with van der Waals surface area (Å²) in [6.07, 6.45) is 4.82. The Kier molecular flexibility index (Phi) is 2.87. The summed E-state index contributed by atoms with van der Waals surface area (Å²) in [6.45, 7) is 2.19. The zero-order valence-electron chi connectivity index (χ0n) is 7.08. The van der Waals surface area contributed by atoms with Gasteiger partial charge in [-0.3, -0.25) is 4.79 Å². The van der Waals surface area contributed by atoms with Gasteiger partial charge in [0.2, 0.25) is 5.91 Å². The molecule has 1 amide bonds. The lowest BCUT2D eigenvalue weighted by Crippen LogP contribution is -2.29. The van der Waals surface area contributed by atoms with Crippen LogP contribution in [-0.4, -0.2) is 12.5 Å². The fraction of sp³-hybridized carbons (Fsp3) is 0.556. The van der Waals surface area contributed by atoms with Crippen LogP contribution in [0.5, 0.6) is 0 Å². The van der Waals surface area contributed by atoms with Crippen LogP contribution in [0, 0.1) is 23.2 Å². The summed E-state index contributed by atoms with van der Waals surface area (Å²) in [4.78, 5) is 11.2. The van der Waals surface area contributed by atoms with E-state index in [1.54, 1.807) is 0 Å². The van der Waals surface area contributed by atoms with Gasteiger partial charge in [0.15, 0.2) is 0 Å². The Bertz CT molecular complexity index is 239. The molecule has 0 heterocycles. The highest BCUT2D eigenvalue weighted by Gasteiger charge is 2.21. The average molecular weight is 164 g/mol. The zero-order valence-corrected chi connectivity index (χ0v) is 7.08. The van der Waals surface area contributed by atoms with Gasteiger partial charge in [0.05, 0.1) is 12.0 Å². The normalized spacial score (nSPS) is 26.7. The molecule has 0 radical (unpaired) electrons. The lowest BCUT2D eigenvalue weighted by Gasteiger charge is -2.07. The predicted octanol–water partition coefficient (Wildman–Crippen LogP) is 0.838. The van der Waals surface area contributed by atoms with Crippen molar-refractivity contribution in [3.8, 4) is 6.07 Å². The Labute approximate surface area is 72.1 Å². The molecule has 0 spiro atoms. The first kappa shape index (κ1) is 8.79. The molecular weight excluding hydrogens is 152 g/mol. The molecule has 0 aromatic heterocycles. The van der Waals surface area contributed by atoms with Crippen molar-refractivity contribution in [1.29, 1.82) is 5.26 Å². The standard InChI is InChI=1S/C9H12N2O/c1-7-2-3-8(6-7)9(12)11-5-4-10/h2-3,7-8H,5-6H2,1H3,(H,11,12)/t7-,8+/m0/s1. The third-order valence-corrected chi connectivity index (χ3v) is 1.98. The Balaban J connectivity index is 2.35. The molecule has 3 heteroatoms. The number of carbonyl (C=O) groups is 1. The molecule has 0 saturated carbocycles. The second-order valence-electron chi connectivity index (χ2n) is 3.08. The minimum absolute atomic E-state index is 0.0200. The summed E-state index contributed by atoms with van der Waals surface area (Å²) in [5.41, 5.74) is 0. The van der Waals surface area contributed by atoms with E-state index >= 15 is 0 Å². The number of carbonyl (C=O) groups excluding carboxylic acids is 1. The molecule has 12 heavy (non-hydrogen) atoms. The van der Waals surface area contributed by atoms with Crippen molar-refractivity contribution in [2.45, 2.75) is 13.3 Å². The molecule has 3 nitrogen and oxygen atoms in total. The van der Waals surface area contributed by atoms with Gasteiger partial charge in [0, 0.05) is 0 Å². The summed E-state index contributed by atoms with van der Waals surface area (Å²) in [5.74, 6) is 0.438. The topological polar surface area (TPSA) is 52.9 Å². The van der Waals surface area contributed by atoms with Crippen molar-refractivity contribution in [3.63, 3.8) is 0 Å². The maximum atomic E-state index is 11.2. The van der Waals surface area contributed by atoms with E-state index < -0.39 is 0 Å². The van der Waals surface area contributed by atoms with E-state index in [0.29, 0.717) is 5.92 Å². The quantitative estimate of drug-likeness (QED) is 0.485. The van der Waals surface area contributed by atoms with E-state index in [9.17, 15) is 4.79 Å². The van der Waals surface area contributed by atoms with Gasteiger partial charge < -0.3 is 5.32 Å². The van der Waals surface area contributed by atoms with Gasteiger partial charge in [-0.15, -0.1) is 0 Å². The van der Waals surface area contributed by atoms with E-state index in [-0.39, 0.29) is 18.4 Å². The molecule has 1 N–H and O–H groups in total. The lowest BCUT2D eigenvalue weighted by atomic mass is 10.0. The SMILES string of the molecule is C[C@H]1C=C[C@@H](C(=O)NCC#N)C1. The van der Waals surface area contributed by atoms with Crippen molar-refractivity contribution in [2.75, 3.05) is 6.54 Å². The van der Waals surface area contributed by atoms with Gasteiger partial charge in [0.25, 0.3) is 0 Å². The number of nitrogens with one attached hydrogen (secondary N) is 1. The molecule has 1 aliphatic rings. The number of rotatable bonds is 2. The van der Waals surface area contributed by atoms with E-state index in [0.717, 1.165) is 6.42 Å². The molecular formula is C9H12N2O. The molecule has 1 aliphatic carbocycles. The molecule has 0 aromatic carbocycles. The van der Waals surface area contributed by atoms with Crippen LogP contribution in [0.4, 0.5) is 0 Å². The Hall–Kier alpha value is -1.30. The highest BCUT2D eigenvalue weighted by atomic mass is 16.1. The molecule has 1 rings (SSSR count). The largest absolute Gasteiger partial charge is 0.342 e. The van der Waals surface area contributed by atoms with Crippen molar-refractivity contribution in [2.24, 2.45) is 11.8 Å². The minimum atomic E-state index is -0.0304. The first-order valence-electron chi connectivity index (χ1n) is 4.07. The van der Waals surface area contributed by atoms with E-state index in [1.807, 2.05) is 18.2 Å². The molecule has 0 saturated heterocycles. The summed E-state index contributed by atoms with van der Waals surface area (Å²) in [5, 5.41) is 10.8. The Morgan fingerprint density at radius 2 is 2.50 bits per heavy atom. The summed E-state index contributed by atoms with van der Waals surface area (Å²) in [6, 6.07) is 1.88. The van der Waals surface area contributed by atoms with Gasteiger partial charge in [-0.05, 0) is 12.3 Å². The molecule has 0 aromatic rings. The van der Waals surface area contributed by atoms with E-state index in [2.05, 4.69) is 12.2 Å². The minimum Gasteiger partial charge on any atom is -0.342 e. The summed E-state index contributed by atoms with van der Waals surface area (Å²) in [7, 11) is 0. The number of hydrogen-bond acceptors (Lipinski definition) is 2. The molecule has 0 fully saturated rings. The maximum absolute atomic E-state index is 11.2. The van der Waals surface area contributed by atoms with Gasteiger partial charge in [-0.1, -0.05) is 19.1 Å². The monoisotopic (exact) mass is 164 g/mol. The molecule has 0 unspecified atom stereocenters. The van der Waals surface area contributed by atoms with Crippen molar-refractivity contribution < 1.29 is 4.79 Å². The zero-order chi connectivity index (χ0) is 8.97. The van der Waals surface area contributed by atoms with Crippen molar-refractivity contribution >= 4 is 5.91 Å². The van der Waals surface area contributed by atoms with E-state index in [1.165, 1.54) is 0 Å². The lowest BCUT2D eigenvalue weighted by molar-refractivity contribution is -0.123. The highest BCUT2D eigenvalue weighted by Crippen LogP contribution is 2.22. The van der Waals surface area contributed by atoms with Crippen LogP contribution in [0.3, 0.4) is 0 Å². The van der Waals surface area contributed by atoms with Crippen LogP contribution in [0.25, 0.3) is 0 Å². The molecule has 0 bridgehead atoms. The Morgan fingerprint density at radius 1 is 1.75 bits per heavy atom. The average Bonchev–Trinajstić information content (AvgIpc) is 2.47. The molecule has 64 valence electrons.